The van der Waals surface area contributed by atoms with Crippen molar-refractivity contribution in [1.82, 2.24) is 0 Å². The van der Waals surface area contributed by atoms with Crippen molar-refractivity contribution in [1.29, 1.82) is 0 Å². The maximum absolute atomic E-state index is 0. The minimum absolute atomic E-state index is 0. The molecule has 0 aliphatic rings. The van der Waals surface area contributed by atoms with Crippen LogP contribution in [0.2, 0.25) is 0 Å². The summed E-state index contributed by atoms with van der Waals surface area (Å²) in [7, 11) is 0. The normalized spacial score (nSPS) is 0. The Bertz CT molecular complexity index is 6.00. The molecule has 0 aromatic heterocycles. The Kier molecular flexibility index (Phi) is 137. The summed E-state index contributed by atoms with van der Waals surface area (Å²) in [5, 5.41) is 0. The van der Waals surface area contributed by atoms with Gasteiger partial charge in [0.2, 0.25) is 0 Å². The molecule has 0 rings (SSSR count). The quantitative estimate of drug-likeness (QED) is 0.292. The van der Waals surface area contributed by atoms with Gasteiger partial charge in [0.15, 0.2) is 0 Å². The van der Waals surface area contributed by atoms with Crippen molar-refractivity contribution in [3.05, 3.63) is 0 Å². The van der Waals surface area contributed by atoms with E-state index < -0.39 is 0 Å². The number of hydrogen-bond acceptors (Lipinski definition) is 0. The molecule has 4 heavy (non-hydrogen) atoms. The molecule has 0 unspecified atom stereocenters. The van der Waals surface area contributed by atoms with E-state index in [1.54, 1.807) is 0 Å². The third-order valence-corrected chi connectivity index (χ3v) is 0. The van der Waals surface area contributed by atoms with Gasteiger partial charge in [-0.15, -0.1) is 0 Å². The molecule has 0 amide bonds. The Balaban J connectivity index is 0. The van der Waals surface area contributed by atoms with Gasteiger partial charge >= 0.3 is 80.9 Å². The Morgan fingerprint density at radius 3 is 0.750 bits per heavy atom. The van der Waals surface area contributed by atoms with Gasteiger partial charge in [0, 0.05) is 0 Å². The molecule has 4 N–H and O–H groups in total. The maximum atomic E-state index is 0. The van der Waals surface area contributed by atoms with Gasteiger partial charge in [0.05, 0.1) is 0 Å². The SMILES string of the molecule is O.O.[KH].[NaH]. The van der Waals surface area contributed by atoms with Gasteiger partial charge < -0.3 is 11.0 Å². The van der Waals surface area contributed by atoms with E-state index in [2.05, 4.69) is 0 Å². The van der Waals surface area contributed by atoms with E-state index in [1.807, 2.05) is 0 Å². The fourth-order valence-electron chi connectivity index (χ4n) is 0. The van der Waals surface area contributed by atoms with Crippen LogP contribution in [0, 0.1) is 0 Å². The number of hydrogen-bond donors (Lipinski definition) is 0. The van der Waals surface area contributed by atoms with E-state index in [0.717, 1.165) is 0 Å². The molecule has 0 bridgehead atoms. The topological polar surface area (TPSA) is 63.0 Å². The second-order valence-electron chi connectivity index (χ2n) is 0. The van der Waals surface area contributed by atoms with Crippen molar-refractivity contribution in [3.63, 3.8) is 0 Å². The Morgan fingerprint density at radius 1 is 0.750 bits per heavy atom. The third kappa shape index (κ3) is 8.82. The first-order valence-electron chi connectivity index (χ1n) is 0. The molecule has 4 heteroatoms. The molecule has 0 spiro atoms. The van der Waals surface area contributed by atoms with Crippen LogP contribution in [-0.4, -0.2) is 91.9 Å². The zero-order valence-electron chi connectivity index (χ0n) is 1.00. The van der Waals surface area contributed by atoms with Crippen LogP contribution in [0.4, 0.5) is 0 Å². The van der Waals surface area contributed by atoms with E-state index in [4.69, 9.17) is 0 Å². The molecule has 0 aliphatic carbocycles. The molecular formula is H6KNaO2. The van der Waals surface area contributed by atoms with E-state index in [9.17, 15) is 0 Å². The van der Waals surface area contributed by atoms with Gasteiger partial charge in [-0.05, 0) is 0 Å². The first-order chi connectivity index (χ1) is 0. The summed E-state index contributed by atoms with van der Waals surface area (Å²) in [6.45, 7) is 0. The molecule has 0 saturated carbocycles. The summed E-state index contributed by atoms with van der Waals surface area (Å²) in [5.74, 6) is 0. The van der Waals surface area contributed by atoms with Crippen molar-refractivity contribution in [2.24, 2.45) is 0 Å². The van der Waals surface area contributed by atoms with Crippen LogP contribution in [0.15, 0.2) is 0 Å². The van der Waals surface area contributed by atoms with Crippen molar-refractivity contribution in [2.45, 2.75) is 0 Å². The first kappa shape index (κ1) is 31.0. The molecule has 0 radical (unpaired) electrons. The summed E-state index contributed by atoms with van der Waals surface area (Å²) in [6.07, 6.45) is 0. The standard InChI is InChI=1S/K.Na.2H2O.2H/h;;2*1H2;;. The fraction of sp³-hybridized carbons (Fsp3) is 0. The van der Waals surface area contributed by atoms with Gasteiger partial charge in [-0.25, -0.2) is 0 Å². The summed E-state index contributed by atoms with van der Waals surface area (Å²) in [4.78, 5) is 0. The predicted octanol–water partition coefficient (Wildman–Crippen LogP) is -2.95. The second-order valence-corrected chi connectivity index (χ2v) is 0. The summed E-state index contributed by atoms with van der Waals surface area (Å²) in [6, 6.07) is 0. The van der Waals surface area contributed by atoms with Crippen LogP contribution >= 0.6 is 0 Å². The van der Waals surface area contributed by atoms with Crippen molar-refractivity contribution in [2.75, 3.05) is 0 Å². The van der Waals surface area contributed by atoms with Crippen molar-refractivity contribution >= 4 is 80.9 Å². The molecule has 0 aliphatic heterocycles. The molecule has 0 fully saturated rings. The van der Waals surface area contributed by atoms with Crippen LogP contribution in [0.25, 0.3) is 0 Å². The van der Waals surface area contributed by atoms with Crippen LogP contribution in [0.1, 0.15) is 0 Å². The zero-order chi connectivity index (χ0) is 0. The van der Waals surface area contributed by atoms with E-state index in [1.165, 1.54) is 0 Å². The van der Waals surface area contributed by atoms with Gasteiger partial charge in [0.25, 0.3) is 0 Å². The van der Waals surface area contributed by atoms with Crippen molar-refractivity contribution in [3.8, 4) is 0 Å². The average molecular weight is 100 g/mol. The van der Waals surface area contributed by atoms with Crippen LogP contribution in [0.3, 0.4) is 0 Å². The third-order valence-electron chi connectivity index (χ3n) is 0. The monoisotopic (exact) mass is 100.0 g/mol. The van der Waals surface area contributed by atoms with Crippen molar-refractivity contribution < 1.29 is 11.0 Å². The average Bonchev–Trinajstić information content (AvgIpc) is 0. The molecule has 0 saturated heterocycles. The molecule has 20 valence electrons. The van der Waals surface area contributed by atoms with E-state index >= 15 is 0 Å². The molecule has 0 heterocycles. The Labute approximate surface area is 89.7 Å². The molecule has 0 aromatic rings. The predicted molar refractivity (Wildman–Crippen MR) is 21.5 cm³/mol. The van der Waals surface area contributed by atoms with Crippen LogP contribution < -0.4 is 0 Å². The first-order valence-corrected chi connectivity index (χ1v) is 0. The molecule has 0 atom stereocenters. The van der Waals surface area contributed by atoms with Gasteiger partial charge in [-0.3, -0.25) is 0 Å². The van der Waals surface area contributed by atoms with E-state index in [-0.39, 0.29) is 91.9 Å². The zero-order valence-corrected chi connectivity index (χ0v) is 1.00. The summed E-state index contributed by atoms with van der Waals surface area (Å²) in [5.41, 5.74) is 0. The van der Waals surface area contributed by atoms with Crippen LogP contribution in [0.5, 0.6) is 0 Å². The summed E-state index contributed by atoms with van der Waals surface area (Å²) >= 11 is 0. The van der Waals surface area contributed by atoms with Gasteiger partial charge in [-0.1, -0.05) is 0 Å². The van der Waals surface area contributed by atoms with E-state index in [0.29, 0.717) is 0 Å². The molecular weight excluding hydrogens is 94.1 g/mol. The number of rotatable bonds is 0. The second kappa shape index (κ2) is 17.7. The Morgan fingerprint density at radius 2 is 0.750 bits per heavy atom. The Hall–Kier alpha value is 2.56. The van der Waals surface area contributed by atoms with Gasteiger partial charge in [0.1, 0.15) is 0 Å². The minimum atomic E-state index is 0. The van der Waals surface area contributed by atoms with Crippen LogP contribution in [-0.2, 0) is 0 Å². The summed E-state index contributed by atoms with van der Waals surface area (Å²) < 4.78 is 0. The molecule has 2 nitrogen and oxygen atoms in total. The fourth-order valence-corrected chi connectivity index (χ4v) is 0. The molecule has 0 aromatic carbocycles. The van der Waals surface area contributed by atoms with Gasteiger partial charge in [-0.2, -0.15) is 0 Å².